The number of anilines is 1. The zero-order valence-electron chi connectivity index (χ0n) is 27.5. The summed E-state index contributed by atoms with van der Waals surface area (Å²) in [7, 11) is 0. The van der Waals surface area contributed by atoms with Crippen LogP contribution < -0.4 is 16.1 Å². The minimum atomic E-state index is -4.65. The summed E-state index contributed by atoms with van der Waals surface area (Å²) in [6, 6.07) is 6.09. The van der Waals surface area contributed by atoms with Gasteiger partial charge < -0.3 is 19.5 Å². The largest absolute Gasteiger partial charge is 0.462 e. The van der Waals surface area contributed by atoms with E-state index in [9.17, 15) is 27.6 Å². The third-order valence-electron chi connectivity index (χ3n) is 7.92. The molecule has 0 spiro atoms. The summed E-state index contributed by atoms with van der Waals surface area (Å²) in [5, 5.41) is 6.41. The molecule has 5 rings (SSSR count). The smallest absolute Gasteiger partial charge is 0.434 e. The third kappa shape index (κ3) is 7.87. The van der Waals surface area contributed by atoms with E-state index < -0.39 is 29.3 Å². The molecule has 1 saturated heterocycles. The van der Waals surface area contributed by atoms with Crippen molar-refractivity contribution in [3.05, 3.63) is 63.5 Å². The molecule has 48 heavy (non-hydrogen) atoms. The Morgan fingerprint density at radius 2 is 1.90 bits per heavy atom. The first-order valence-corrected chi connectivity index (χ1v) is 16.7. The maximum absolute atomic E-state index is 13.9. The van der Waals surface area contributed by atoms with Crippen molar-refractivity contribution < 1.29 is 27.5 Å². The van der Waals surface area contributed by atoms with Gasteiger partial charge >= 0.3 is 18.2 Å². The molecule has 1 fully saturated rings. The SMILES string of the molecule is CCNC(=O)Nc1cc(-c2nc(C(F)(F)F)cs2)c(-c2ccc3c(c2)c(=O)c(C(=O)OCC)cn3[C@@H]2CCCN(CC(C)(C)C)C2)cn1. The van der Waals surface area contributed by atoms with Crippen LogP contribution in [0.1, 0.15) is 69.6 Å². The van der Waals surface area contributed by atoms with Crippen molar-refractivity contribution in [1.82, 2.24) is 24.8 Å². The lowest BCUT2D eigenvalue weighted by Gasteiger charge is -2.38. The molecule has 4 heterocycles. The molecule has 10 nitrogen and oxygen atoms in total. The van der Waals surface area contributed by atoms with Gasteiger partial charge in [-0.05, 0) is 62.4 Å². The van der Waals surface area contributed by atoms with E-state index in [0.29, 0.717) is 23.2 Å². The van der Waals surface area contributed by atoms with Gasteiger partial charge in [0.1, 0.15) is 16.4 Å². The molecule has 2 N–H and O–H groups in total. The molecule has 0 unspecified atom stereocenters. The van der Waals surface area contributed by atoms with Gasteiger partial charge in [0.2, 0.25) is 5.43 Å². The number of nitrogens with one attached hydrogen (secondary N) is 2. The number of hydrogen-bond donors (Lipinski definition) is 2. The summed E-state index contributed by atoms with van der Waals surface area (Å²) in [6.07, 6.45) is 0.161. The predicted molar refractivity (Wildman–Crippen MR) is 180 cm³/mol. The molecule has 2 amide bonds. The molecule has 1 atom stereocenters. The van der Waals surface area contributed by atoms with E-state index in [4.69, 9.17) is 4.74 Å². The molecule has 256 valence electrons. The van der Waals surface area contributed by atoms with E-state index in [1.807, 2.05) is 4.57 Å². The highest BCUT2D eigenvalue weighted by Crippen LogP contribution is 2.39. The number of ether oxygens (including phenoxy) is 1. The summed E-state index contributed by atoms with van der Waals surface area (Å²) in [5.74, 6) is -0.621. The molecule has 0 aliphatic carbocycles. The number of carbonyl (C=O) groups excluding carboxylic acids is 2. The molecule has 1 aliphatic rings. The molecule has 3 aromatic heterocycles. The van der Waals surface area contributed by atoms with Crippen molar-refractivity contribution in [1.29, 1.82) is 0 Å². The van der Waals surface area contributed by atoms with Crippen molar-refractivity contribution in [2.45, 2.75) is 59.7 Å². The number of esters is 1. The average molecular weight is 685 g/mol. The predicted octanol–water partition coefficient (Wildman–Crippen LogP) is 7.21. The Bertz CT molecular complexity index is 1880. The fraction of sp³-hybridized carbons (Fsp3) is 0.441. The summed E-state index contributed by atoms with van der Waals surface area (Å²) < 4.78 is 47.9. The maximum atomic E-state index is 13.9. The van der Waals surface area contributed by atoms with Gasteiger partial charge in [-0.3, -0.25) is 10.1 Å². The molecule has 14 heteroatoms. The Balaban J connectivity index is 1.66. The topological polar surface area (TPSA) is 118 Å². The van der Waals surface area contributed by atoms with Crippen LogP contribution in [0.15, 0.2) is 46.8 Å². The summed E-state index contributed by atoms with van der Waals surface area (Å²) in [4.78, 5) is 49.7. The number of urea groups is 1. The number of nitrogens with zero attached hydrogens (tertiary/aromatic N) is 4. The lowest BCUT2D eigenvalue weighted by atomic mass is 9.94. The van der Waals surface area contributed by atoms with Crippen LogP contribution in [0.4, 0.5) is 23.8 Å². The quantitative estimate of drug-likeness (QED) is 0.188. The molecule has 0 bridgehead atoms. The first kappa shape index (κ1) is 35.0. The number of benzene rings is 1. The van der Waals surface area contributed by atoms with Crippen LogP contribution in [0, 0.1) is 5.41 Å². The number of thiazole rings is 1. The van der Waals surface area contributed by atoms with Gasteiger partial charge in [-0.1, -0.05) is 26.8 Å². The van der Waals surface area contributed by atoms with Crippen LogP contribution in [0.25, 0.3) is 32.6 Å². The van der Waals surface area contributed by atoms with Gasteiger partial charge in [-0.2, -0.15) is 13.2 Å². The highest BCUT2D eigenvalue weighted by Gasteiger charge is 2.34. The number of amides is 2. The molecule has 4 aromatic rings. The number of alkyl halides is 3. The van der Waals surface area contributed by atoms with Crippen LogP contribution in [-0.4, -0.2) is 64.2 Å². The third-order valence-corrected chi connectivity index (χ3v) is 8.79. The summed E-state index contributed by atoms with van der Waals surface area (Å²) in [6.45, 7) is 13.0. The number of likely N-dealkylation sites (tertiary alicyclic amines) is 1. The van der Waals surface area contributed by atoms with Crippen molar-refractivity contribution in [3.8, 4) is 21.7 Å². The fourth-order valence-corrected chi connectivity index (χ4v) is 6.89. The number of carbonyl (C=O) groups is 2. The van der Waals surface area contributed by atoms with Crippen molar-refractivity contribution in [2.24, 2.45) is 5.41 Å². The van der Waals surface area contributed by atoms with Gasteiger partial charge in [0.05, 0.1) is 12.1 Å². The number of hydrogen-bond acceptors (Lipinski definition) is 8. The number of pyridine rings is 2. The lowest BCUT2D eigenvalue weighted by molar-refractivity contribution is -0.140. The normalized spacial score (nSPS) is 15.8. The number of aromatic nitrogens is 3. The second-order valence-corrected chi connectivity index (χ2v) is 13.8. The molecule has 0 saturated carbocycles. The van der Waals surface area contributed by atoms with Crippen molar-refractivity contribution in [2.75, 3.05) is 38.1 Å². The van der Waals surface area contributed by atoms with Gasteiger partial charge in [-0.15, -0.1) is 11.3 Å². The van der Waals surface area contributed by atoms with Crippen LogP contribution in [-0.2, 0) is 10.9 Å². The van der Waals surface area contributed by atoms with Gasteiger partial charge in [-0.25, -0.2) is 19.6 Å². The number of piperidine rings is 1. The van der Waals surface area contributed by atoms with Gasteiger partial charge in [0, 0.05) is 60.0 Å². The molecule has 1 aromatic carbocycles. The zero-order valence-corrected chi connectivity index (χ0v) is 28.3. The molecule has 1 aliphatic heterocycles. The van der Waals surface area contributed by atoms with E-state index in [1.54, 1.807) is 38.2 Å². The average Bonchev–Trinajstić information content (AvgIpc) is 3.52. The molecular weight excluding hydrogens is 645 g/mol. The highest BCUT2D eigenvalue weighted by molar-refractivity contribution is 7.13. The van der Waals surface area contributed by atoms with Crippen LogP contribution in [0.3, 0.4) is 0 Å². The van der Waals surface area contributed by atoms with E-state index >= 15 is 0 Å². The van der Waals surface area contributed by atoms with Crippen molar-refractivity contribution >= 4 is 40.1 Å². The second-order valence-electron chi connectivity index (χ2n) is 13.0. The lowest BCUT2D eigenvalue weighted by Crippen LogP contribution is -2.41. The summed E-state index contributed by atoms with van der Waals surface area (Å²) >= 11 is 0.801. The Morgan fingerprint density at radius 3 is 2.56 bits per heavy atom. The maximum Gasteiger partial charge on any atom is 0.434 e. The van der Waals surface area contributed by atoms with Crippen LogP contribution in [0.5, 0.6) is 0 Å². The van der Waals surface area contributed by atoms with E-state index in [2.05, 4.69) is 46.3 Å². The second kappa shape index (κ2) is 14.0. The first-order chi connectivity index (χ1) is 22.7. The monoisotopic (exact) mass is 684 g/mol. The Morgan fingerprint density at radius 1 is 1.12 bits per heavy atom. The minimum Gasteiger partial charge on any atom is -0.462 e. The standard InChI is InChI=1S/C34H39F3N6O4S/c1-6-38-32(46)41-28-14-22(30-40-27(18-48-30)34(35,36)37)24(15-39-28)20-10-11-26-23(13-20)29(44)25(31(45)47-7-2)17-43(26)21-9-8-12-42(16-21)19-33(3,4)5/h10-11,13-15,17-18,21H,6-9,12,16,19H2,1-5H3,(H2,38,39,41,46)/t21-/m1/s1. The number of rotatable bonds is 8. The highest BCUT2D eigenvalue weighted by atomic mass is 32.1. The zero-order chi connectivity index (χ0) is 34.8. The Labute approximate surface area is 280 Å². The number of halogens is 3. The molecule has 0 radical (unpaired) electrons. The Kier molecular flexibility index (Phi) is 10.2. The van der Waals surface area contributed by atoms with E-state index in [1.165, 1.54) is 12.3 Å². The Hall–Kier alpha value is -4.30. The van der Waals surface area contributed by atoms with Gasteiger partial charge in [0.15, 0.2) is 5.69 Å². The van der Waals surface area contributed by atoms with Crippen LogP contribution >= 0.6 is 11.3 Å². The van der Waals surface area contributed by atoms with Crippen LogP contribution in [0.2, 0.25) is 0 Å². The molecular formula is C34H39F3N6O4S. The van der Waals surface area contributed by atoms with Crippen molar-refractivity contribution in [3.63, 3.8) is 0 Å². The number of fused-ring (bicyclic) bond motifs is 1. The fourth-order valence-electron chi connectivity index (χ4n) is 6.03. The van der Waals surface area contributed by atoms with Gasteiger partial charge in [0.25, 0.3) is 0 Å². The van der Waals surface area contributed by atoms with E-state index in [-0.39, 0.29) is 45.4 Å². The summed E-state index contributed by atoms with van der Waals surface area (Å²) in [5.41, 5.74) is 0.208. The van der Waals surface area contributed by atoms with E-state index in [0.717, 1.165) is 49.2 Å². The first-order valence-electron chi connectivity index (χ1n) is 15.8. The minimum absolute atomic E-state index is 0.0174.